The fraction of sp³-hybridized carbons (Fsp3) is 0.421. The molecule has 1 spiro atoms. The maximum atomic E-state index is 14.0. The van der Waals surface area contributed by atoms with E-state index in [-0.39, 0.29) is 29.9 Å². The molecule has 0 atom stereocenters. The largest absolute Gasteiger partial charge is 0.508 e. The Bertz CT molecular complexity index is 1710. The number of benzene rings is 3. The van der Waals surface area contributed by atoms with Gasteiger partial charge < -0.3 is 29.5 Å². The van der Waals surface area contributed by atoms with Crippen molar-refractivity contribution < 1.29 is 29.3 Å². The highest BCUT2D eigenvalue weighted by atomic mass is 32.1. The highest BCUT2D eigenvalue weighted by Crippen LogP contribution is 2.43. The molecule has 0 aliphatic carbocycles. The van der Waals surface area contributed by atoms with Gasteiger partial charge >= 0.3 is 5.97 Å². The number of esters is 1. The third-order valence-electron chi connectivity index (χ3n) is 9.46. The number of carbonyl (C=O) groups excluding carboxylic acids is 2. The molecule has 2 aliphatic heterocycles. The molecule has 2 saturated heterocycles. The number of thiophene rings is 1. The fourth-order valence-corrected chi connectivity index (χ4v) is 8.04. The van der Waals surface area contributed by atoms with Crippen molar-refractivity contribution in [3.63, 3.8) is 0 Å². The van der Waals surface area contributed by atoms with E-state index in [9.17, 15) is 19.8 Å². The number of piperidine rings is 2. The van der Waals surface area contributed by atoms with Gasteiger partial charge in [-0.15, -0.1) is 11.3 Å². The van der Waals surface area contributed by atoms with E-state index in [1.807, 2.05) is 45.0 Å². The molecule has 3 aromatic carbocycles. The van der Waals surface area contributed by atoms with E-state index in [1.165, 1.54) is 24.2 Å². The molecule has 0 bridgehead atoms. The van der Waals surface area contributed by atoms with Crippen LogP contribution in [-0.2, 0) is 14.3 Å². The molecule has 0 unspecified atom stereocenters. The number of phenolic OH excluding ortho intramolecular Hbond substituents is 2. The third kappa shape index (κ3) is 7.80. The van der Waals surface area contributed by atoms with Crippen LogP contribution in [0.5, 0.6) is 11.5 Å². The summed E-state index contributed by atoms with van der Waals surface area (Å²) in [5, 5.41) is 20.7. The second-order valence-electron chi connectivity index (χ2n) is 13.9. The molecule has 47 heavy (non-hydrogen) atoms. The summed E-state index contributed by atoms with van der Waals surface area (Å²) in [6.45, 7) is 11.0. The number of carbonyl (C=O) groups is 2. The zero-order valence-electron chi connectivity index (χ0n) is 27.5. The van der Waals surface area contributed by atoms with Crippen LogP contribution in [0.3, 0.4) is 0 Å². The molecule has 2 fully saturated rings. The van der Waals surface area contributed by atoms with Crippen LogP contribution in [0.25, 0.3) is 20.5 Å². The van der Waals surface area contributed by atoms with E-state index in [2.05, 4.69) is 21.9 Å². The fourth-order valence-electron chi connectivity index (χ4n) is 6.81. The lowest BCUT2D eigenvalue weighted by molar-refractivity contribution is -0.160. The van der Waals surface area contributed by atoms with Gasteiger partial charge in [0.2, 0.25) is 0 Å². The second-order valence-corrected chi connectivity index (χ2v) is 14.9. The Morgan fingerprint density at radius 1 is 0.851 bits per heavy atom. The average Bonchev–Trinajstić information content (AvgIpc) is 3.42. The highest BCUT2D eigenvalue weighted by molar-refractivity contribution is 7.22. The quantitative estimate of drug-likeness (QED) is 0.110. The number of ether oxygens (including phenoxy) is 2. The molecule has 4 aromatic rings. The molecule has 9 heteroatoms. The van der Waals surface area contributed by atoms with E-state index in [1.54, 1.807) is 30.3 Å². The Kier molecular flexibility index (Phi) is 9.60. The van der Waals surface area contributed by atoms with Gasteiger partial charge in [-0.25, -0.2) is 4.79 Å². The van der Waals surface area contributed by atoms with Crippen molar-refractivity contribution >= 4 is 38.9 Å². The van der Waals surface area contributed by atoms with Crippen molar-refractivity contribution in [2.24, 2.45) is 5.41 Å². The monoisotopic (exact) mass is 656 g/mol. The van der Waals surface area contributed by atoms with Crippen molar-refractivity contribution in [2.75, 3.05) is 50.8 Å². The van der Waals surface area contributed by atoms with Crippen molar-refractivity contribution in [3.8, 4) is 21.9 Å². The summed E-state index contributed by atoms with van der Waals surface area (Å²) in [6, 6.07) is 20.0. The molecular formula is C38H44N2O6S. The van der Waals surface area contributed by atoms with Gasteiger partial charge in [0.25, 0.3) is 0 Å². The summed E-state index contributed by atoms with van der Waals surface area (Å²) in [6.07, 6.45) is 4.66. The van der Waals surface area contributed by atoms with Gasteiger partial charge in [0, 0.05) is 51.4 Å². The Balaban J connectivity index is 1.04. The maximum absolute atomic E-state index is 14.0. The number of phenols is 2. The van der Waals surface area contributed by atoms with Crippen molar-refractivity contribution in [1.82, 2.24) is 4.90 Å². The molecule has 0 saturated carbocycles. The molecule has 1 aromatic heterocycles. The minimum Gasteiger partial charge on any atom is -0.508 e. The first-order chi connectivity index (χ1) is 22.5. The standard InChI is InChI=1S/C38H44N2O6S/c1-37(2,3)46-33(43)25-45-23-22-39-18-14-38(15-19-39)16-20-40(21-17-38)28-8-4-26(5-9-28)35(44)34-31-13-12-30(42)24-32(31)47-36(34)27-6-10-29(41)11-7-27/h4-13,24,41-42H,14-23,25H2,1-3H3. The van der Waals surface area contributed by atoms with Gasteiger partial charge in [-0.2, -0.15) is 0 Å². The maximum Gasteiger partial charge on any atom is 0.332 e. The third-order valence-corrected chi connectivity index (χ3v) is 10.7. The molecular weight excluding hydrogens is 612 g/mol. The number of aromatic hydroxyl groups is 2. The van der Waals surface area contributed by atoms with Gasteiger partial charge in [0.05, 0.1) is 6.61 Å². The van der Waals surface area contributed by atoms with Crippen LogP contribution in [0, 0.1) is 5.41 Å². The van der Waals surface area contributed by atoms with Gasteiger partial charge in [-0.05, 0) is 137 Å². The lowest BCUT2D eigenvalue weighted by atomic mass is 9.71. The summed E-state index contributed by atoms with van der Waals surface area (Å²) in [5.41, 5.74) is 3.10. The molecule has 0 radical (unpaired) electrons. The molecule has 0 amide bonds. The Hall–Kier alpha value is -3.92. The predicted molar refractivity (Wildman–Crippen MR) is 187 cm³/mol. The highest BCUT2D eigenvalue weighted by Gasteiger charge is 2.37. The van der Waals surface area contributed by atoms with E-state index in [0.717, 1.165) is 71.8 Å². The average molecular weight is 657 g/mol. The number of fused-ring (bicyclic) bond motifs is 1. The van der Waals surface area contributed by atoms with Crippen LogP contribution < -0.4 is 4.90 Å². The van der Waals surface area contributed by atoms with Crippen LogP contribution >= 0.6 is 11.3 Å². The summed E-state index contributed by atoms with van der Waals surface area (Å²) in [4.78, 5) is 31.6. The van der Waals surface area contributed by atoms with Gasteiger partial charge in [0.15, 0.2) is 5.78 Å². The first kappa shape index (κ1) is 33.0. The number of rotatable bonds is 9. The van der Waals surface area contributed by atoms with Gasteiger partial charge in [0.1, 0.15) is 23.7 Å². The first-order valence-corrected chi connectivity index (χ1v) is 17.3. The summed E-state index contributed by atoms with van der Waals surface area (Å²) >= 11 is 1.47. The molecule has 3 heterocycles. The van der Waals surface area contributed by atoms with Crippen LogP contribution in [0.15, 0.2) is 66.7 Å². The number of anilines is 1. The van der Waals surface area contributed by atoms with Crippen molar-refractivity contribution in [1.29, 1.82) is 0 Å². The Morgan fingerprint density at radius 3 is 2.15 bits per heavy atom. The van der Waals surface area contributed by atoms with Crippen LogP contribution in [0.1, 0.15) is 62.4 Å². The van der Waals surface area contributed by atoms with Gasteiger partial charge in [-0.1, -0.05) is 0 Å². The normalized spacial score (nSPS) is 16.9. The smallest absolute Gasteiger partial charge is 0.332 e. The number of ketones is 1. The van der Waals surface area contributed by atoms with Crippen molar-refractivity contribution in [3.05, 3.63) is 77.9 Å². The SMILES string of the molecule is CC(C)(C)OC(=O)COCCN1CCC2(CC1)CCN(c1ccc(C(=O)c3c(-c4ccc(O)cc4)sc4cc(O)ccc34)cc1)CC2. The zero-order chi connectivity index (χ0) is 33.2. The van der Waals surface area contributed by atoms with Crippen molar-refractivity contribution in [2.45, 2.75) is 52.1 Å². The predicted octanol–water partition coefficient (Wildman–Crippen LogP) is 7.25. The number of hydrogen-bond acceptors (Lipinski definition) is 9. The lowest BCUT2D eigenvalue weighted by Crippen LogP contribution is -2.47. The molecule has 6 rings (SSSR count). The molecule has 2 aliphatic rings. The van der Waals surface area contributed by atoms with Crippen LogP contribution in [0.2, 0.25) is 0 Å². The minimum atomic E-state index is -0.493. The van der Waals surface area contributed by atoms with Crippen LogP contribution in [0.4, 0.5) is 5.69 Å². The first-order valence-electron chi connectivity index (χ1n) is 16.5. The van der Waals surface area contributed by atoms with Crippen LogP contribution in [-0.4, -0.2) is 78.4 Å². The minimum absolute atomic E-state index is 0.00283. The second kappa shape index (κ2) is 13.7. The number of nitrogens with zero attached hydrogens (tertiary/aromatic N) is 2. The zero-order valence-corrected chi connectivity index (χ0v) is 28.3. The number of likely N-dealkylation sites (tertiary alicyclic amines) is 1. The molecule has 8 nitrogen and oxygen atoms in total. The van der Waals surface area contributed by atoms with Gasteiger partial charge in [-0.3, -0.25) is 4.79 Å². The topological polar surface area (TPSA) is 99.5 Å². The van der Waals surface area contributed by atoms with E-state index >= 15 is 0 Å². The lowest BCUT2D eigenvalue weighted by Gasteiger charge is -2.47. The molecule has 2 N–H and O–H groups in total. The Labute approximate surface area is 280 Å². The summed E-state index contributed by atoms with van der Waals surface area (Å²) < 4.78 is 11.7. The van der Waals surface area contributed by atoms with E-state index in [4.69, 9.17) is 9.47 Å². The Morgan fingerprint density at radius 2 is 1.49 bits per heavy atom. The van der Waals surface area contributed by atoms with E-state index < -0.39 is 5.60 Å². The van der Waals surface area contributed by atoms with E-state index in [0.29, 0.717) is 23.1 Å². The number of hydrogen-bond donors (Lipinski definition) is 2. The summed E-state index contributed by atoms with van der Waals surface area (Å²) in [7, 11) is 0. The summed E-state index contributed by atoms with van der Waals surface area (Å²) in [5.74, 6) is -0.0455. The molecule has 248 valence electrons.